The molecule has 0 fully saturated rings. The molecule has 1 aromatic heterocycles. The Labute approximate surface area is 126 Å². The van der Waals surface area contributed by atoms with Crippen LogP contribution in [-0.2, 0) is 30.6 Å². The van der Waals surface area contributed by atoms with E-state index in [-0.39, 0.29) is 5.92 Å². The SMILES string of the molecule is CCCn1ccnc1CC(=O)C1CCc2ccccc2C1. The Morgan fingerprint density at radius 3 is 2.95 bits per heavy atom. The molecule has 3 nitrogen and oxygen atoms in total. The van der Waals surface area contributed by atoms with Gasteiger partial charge < -0.3 is 4.57 Å². The number of aryl methyl sites for hydroxylation is 2. The summed E-state index contributed by atoms with van der Waals surface area (Å²) >= 11 is 0. The lowest BCUT2D eigenvalue weighted by atomic mass is 9.81. The van der Waals surface area contributed by atoms with E-state index < -0.39 is 0 Å². The fourth-order valence-corrected chi connectivity index (χ4v) is 3.22. The second kappa shape index (κ2) is 6.25. The Hall–Kier alpha value is -1.90. The van der Waals surface area contributed by atoms with E-state index >= 15 is 0 Å². The zero-order chi connectivity index (χ0) is 14.7. The van der Waals surface area contributed by atoms with Gasteiger partial charge in [0.2, 0.25) is 0 Å². The van der Waals surface area contributed by atoms with Crippen molar-refractivity contribution in [3.63, 3.8) is 0 Å². The fourth-order valence-electron chi connectivity index (χ4n) is 3.22. The summed E-state index contributed by atoms with van der Waals surface area (Å²) in [4.78, 5) is 16.9. The van der Waals surface area contributed by atoms with Gasteiger partial charge in [-0.05, 0) is 36.8 Å². The molecule has 1 aliphatic rings. The number of hydrogen-bond acceptors (Lipinski definition) is 2. The van der Waals surface area contributed by atoms with Crippen molar-refractivity contribution in [2.75, 3.05) is 0 Å². The van der Waals surface area contributed by atoms with E-state index in [1.54, 1.807) is 6.20 Å². The Bertz CT molecular complexity index is 630. The van der Waals surface area contributed by atoms with Gasteiger partial charge in [0.15, 0.2) is 0 Å². The van der Waals surface area contributed by atoms with Gasteiger partial charge in [0.05, 0.1) is 6.42 Å². The number of nitrogens with zero attached hydrogens (tertiary/aromatic N) is 2. The molecule has 3 rings (SSSR count). The maximum Gasteiger partial charge on any atom is 0.143 e. The molecule has 2 aromatic rings. The van der Waals surface area contributed by atoms with Gasteiger partial charge in [-0.1, -0.05) is 31.2 Å². The normalized spacial score (nSPS) is 17.5. The Balaban J connectivity index is 1.68. The highest BCUT2D eigenvalue weighted by atomic mass is 16.1. The Morgan fingerprint density at radius 1 is 1.33 bits per heavy atom. The van der Waals surface area contributed by atoms with Crippen molar-refractivity contribution in [1.29, 1.82) is 0 Å². The number of hydrogen-bond donors (Lipinski definition) is 0. The molecule has 0 radical (unpaired) electrons. The number of aromatic nitrogens is 2. The third-order valence-electron chi connectivity index (χ3n) is 4.40. The highest BCUT2D eigenvalue weighted by Crippen LogP contribution is 2.26. The summed E-state index contributed by atoms with van der Waals surface area (Å²) in [6.07, 6.45) is 8.20. The van der Waals surface area contributed by atoms with Crippen LogP contribution in [0.25, 0.3) is 0 Å². The highest BCUT2D eigenvalue weighted by Gasteiger charge is 2.25. The number of ketones is 1. The minimum atomic E-state index is 0.159. The van der Waals surface area contributed by atoms with E-state index in [1.165, 1.54) is 11.1 Å². The van der Waals surface area contributed by atoms with E-state index in [2.05, 4.69) is 40.7 Å². The van der Waals surface area contributed by atoms with Crippen molar-refractivity contribution < 1.29 is 4.79 Å². The lowest BCUT2D eigenvalue weighted by molar-refractivity contribution is -0.122. The van der Waals surface area contributed by atoms with Gasteiger partial charge in [-0.25, -0.2) is 4.98 Å². The van der Waals surface area contributed by atoms with Crippen LogP contribution in [0.5, 0.6) is 0 Å². The standard InChI is InChI=1S/C18H22N2O/c1-2-10-20-11-9-19-18(20)13-17(21)16-8-7-14-5-3-4-6-15(14)12-16/h3-6,9,11,16H,2,7-8,10,12-13H2,1H3. The van der Waals surface area contributed by atoms with Crippen molar-refractivity contribution in [2.24, 2.45) is 5.92 Å². The number of fused-ring (bicyclic) bond motifs is 1. The molecule has 1 aromatic carbocycles. The highest BCUT2D eigenvalue weighted by molar-refractivity contribution is 5.83. The van der Waals surface area contributed by atoms with E-state index in [9.17, 15) is 4.79 Å². The van der Waals surface area contributed by atoms with Gasteiger partial charge >= 0.3 is 0 Å². The van der Waals surface area contributed by atoms with E-state index in [0.29, 0.717) is 12.2 Å². The van der Waals surface area contributed by atoms with Crippen molar-refractivity contribution in [3.8, 4) is 0 Å². The van der Waals surface area contributed by atoms with Gasteiger partial charge in [0.1, 0.15) is 11.6 Å². The average Bonchev–Trinajstić information content (AvgIpc) is 2.94. The van der Waals surface area contributed by atoms with Crippen LogP contribution >= 0.6 is 0 Å². The van der Waals surface area contributed by atoms with Crippen molar-refractivity contribution in [3.05, 3.63) is 53.6 Å². The van der Waals surface area contributed by atoms with Crippen molar-refractivity contribution >= 4 is 5.78 Å². The summed E-state index contributed by atoms with van der Waals surface area (Å²) in [7, 11) is 0. The zero-order valence-corrected chi connectivity index (χ0v) is 12.6. The lowest BCUT2D eigenvalue weighted by Crippen LogP contribution is -2.25. The molecule has 0 saturated heterocycles. The molecule has 0 N–H and O–H groups in total. The third-order valence-corrected chi connectivity index (χ3v) is 4.40. The molecule has 0 amide bonds. The molecule has 0 aliphatic heterocycles. The molecule has 0 bridgehead atoms. The molecule has 1 unspecified atom stereocenters. The molecule has 1 heterocycles. The monoisotopic (exact) mass is 282 g/mol. The largest absolute Gasteiger partial charge is 0.335 e. The molecule has 1 aliphatic carbocycles. The van der Waals surface area contributed by atoms with Crippen LogP contribution in [0.15, 0.2) is 36.7 Å². The first-order valence-corrected chi connectivity index (χ1v) is 7.87. The second-order valence-corrected chi connectivity index (χ2v) is 5.89. The van der Waals surface area contributed by atoms with E-state index in [1.807, 2.05) is 6.20 Å². The van der Waals surface area contributed by atoms with Gasteiger partial charge in [-0.3, -0.25) is 4.79 Å². The van der Waals surface area contributed by atoms with Gasteiger partial charge in [0.25, 0.3) is 0 Å². The van der Waals surface area contributed by atoms with Crippen LogP contribution in [0, 0.1) is 5.92 Å². The predicted molar refractivity (Wildman–Crippen MR) is 83.2 cm³/mol. The first-order valence-electron chi connectivity index (χ1n) is 7.87. The minimum absolute atomic E-state index is 0.159. The van der Waals surface area contributed by atoms with Crippen LogP contribution in [0.3, 0.4) is 0 Å². The molecule has 1 atom stereocenters. The molecular formula is C18H22N2O. The first-order chi connectivity index (χ1) is 10.3. The van der Waals surface area contributed by atoms with Crippen LogP contribution < -0.4 is 0 Å². The third kappa shape index (κ3) is 3.07. The van der Waals surface area contributed by atoms with Crippen molar-refractivity contribution in [2.45, 2.75) is 45.6 Å². The van der Waals surface area contributed by atoms with Crippen LogP contribution in [0.1, 0.15) is 36.7 Å². The van der Waals surface area contributed by atoms with Gasteiger partial charge in [0, 0.05) is 24.9 Å². The van der Waals surface area contributed by atoms with Gasteiger partial charge in [-0.15, -0.1) is 0 Å². The number of benzene rings is 1. The van der Waals surface area contributed by atoms with E-state index in [4.69, 9.17) is 0 Å². The minimum Gasteiger partial charge on any atom is -0.335 e. The Morgan fingerprint density at radius 2 is 2.14 bits per heavy atom. The summed E-state index contributed by atoms with van der Waals surface area (Å²) in [6, 6.07) is 8.50. The molecule has 3 heteroatoms. The number of rotatable bonds is 5. The molecule has 0 saturated carbocycles. The predicted octanol–water partition coefficient (Wildman–Crippen LogP) is 3.21. The van der Waals surface area contributed by atoms with Crippen LogP contribution in [0.4, 0.5) is 0 Å². The number of Topliss-reactive ketones (excluding diaryl/α,β-unsaturated/α-hetero) is 1. The smallest absolute Gasteiger partial charge is 0.143 e. The summed E-state index contributed by atoms with van der Waals surface area (Å²) in [5.74, 6) is 1.42. The summed E-state index contributed by atoms with van der Waals surface area (Å²) < 4.78 is 2.11. The second-order valence-electron chi connectivity index (χ2n) is 5.89. The molecule has 0 spiro atoms. The fraction of sp³-hybridized carbons (Fsp3) is 0.444. The summed E-state index contributed by atoms with van der Waals surface area (Å²) in [6.45, 7) is 3.08. The molecule has 110 valence electrons. The summed E-state index contributed by atoms with van der Waals surface area (Å²) in [5, 5.41) is 0. The maximum atomic E-state index is 12.6. The average molecular weight is 282 g/mol. The number of carbonyl (C=O) groups excluding carboxylic acids is 1. The van der Waals surface area contributed by atoms with Gasteiger partial charge in [-0.2, -0.15) is 0 Å². The van der Waals surface area contributed by atoms with E-state index in [0.717, 1.165) is 38.1 Å². The summed E-state index contributed by atoms with van der Waals surface area (Å²) in [5.41, 5.74) is 2.76. The van der Waals surface area contributed by atoms with Crippen LogP contribution in [-0.4, -0.2) is 15.3 Å². The Kier molecular flexibility index (Phi) is 4.18. The molecule has 21 heavy (non-hydrogen) atoms. The first kappa shape index (κ1) is 14.1. The quantitative estimate of drug-likeness (QED) is 0.844. The van der Waals surface area contributed by atoms with Crippen LogP contribution in [0.2, 0.25) is 0 Å². The lowest BCUT2D eigenvalue weighted by Gasteiger charge is -2.23. The van der Waals surface area contributed by atoms with Crippen molar-refractivity contribution in [1.82, 2.24) is 9.55 Å². The molecular weight excluding hydrogens is 260 g/mol. The zero-order valence-electron chi connectivity index (χ0n) is 12.6. The maximum absolute atomic E-state index is 12.6. The number of carbonyl (C=O) groups is 1. The topological polar surface area (TPSA) is 34.9 Å². The number of imidazole rings is 1.